The van der Waals surface area contributed by atoms with Crippen molar-refractivity contribution >= 4 is 57.0 Å². The number of hydrogen-bond donors (Lipinski definition) is 1. The molecule has 0 aromatic heterocycles. The van der Waals surface area contributed by atoms with Gasteiger partial charge in [-0.2, -0.15) is 0 Å². The number of benzene rings is 1. The van der Waals surface area contributed by atoms with E-state index in [1.165, 1.54) is 4.90 Å². The minimum Gasteiger partial charge on any atom is -0.454 e. The van der Waals surface area contributed by atoms with Crippen LogP contribution in [0.15, 0.2) is 22.7 Å². The number of hydrogen-bond acceptors (Lipinski definition) is 5. The van der Waals surface area contributed by atoms with Gasteiger partial charge in [0, 0.05) is 11.5 Å². The van der Waals surface area contributed by atoms with Gasteiger partial charge in [0.2, 0.25) is 0 Å². The molecule has 1 spiro atoms. The number of imide groups is 1. The maximum atomic E-state index is 12.8. The normalized spacial score (nSPS) is 18.3. The summed E-state index contributed by atoms with van der Waals surface area (Å²) in [6.45, 7) is -1.07. The molecular weight excluding hydrogens is 466 g/mol. The first-order valence-corrected chi connectivity index (χ1v) is 10.4. The molecule has 0 unspecified atom stereocenters. The van der Waals surface area contributed by atoms with E-state index in [1.807, 2.05) is 0 Å². The molecule has 1 aromatic carbocycles. The molecule has 2 aliphatic rings. The number of nitrogens with one attached hydrogen (secondary N) is 1. The quantitative estimate of drug-likeness (QED) is 0.509. The number of halogens is 2. The fourth-order valence-electron chi connectivity index (χ4n) is 3.77. The van der Waals surface area contributed by atoms with Crippen molar-refractivity contribution in [1.82, 2.24) is 9.80 Å². The zero-order chi connectivity index (χ0) is 21.2. The van der Waals surface area contributed by atoms with Gasteiger partial charge in [0.1, 0.15) is 12.1 Å². The van der Waals surface area contributed by atoms with Gasteiger partial charge in [0.25, 0.3) is 11.8 Å². The molecule has 29 heavy (non-hydrogen) atoms. The minimum absolute atomic E-state index is 0.327. The zero-order valence-electron chi connectivity index (χ0n) is 15.9. The third-order valence-electron chi connectivity index (χ3n) is 5.34. The number of amides is 4. The molecule has 1 saturated heterocycles. The van der Waals surface area contributed by atoms with Crippen LogP contribution in [0.1, 0.15) is 32.1 Å². The Morgan fingerprint density at radius 3 is 2.59 bits per heavy atom. The lowest BCUT2D eigenvalue weighted by Gasteiger charge is -2.35. The van der Waals surface area contributed by atoms with Crippen LogP contribution in [0.4, 0.5) is 10.5 Å². The van der Waals surface area contributed by atoms with Crippen LogP contribution in [0.3, 0.4) is 0 Å². The van der Waals surface area contributed by atoms with Gasteiger partial charge >= 0.3 is 12.0 Å². The van der Waals surface area contributed by atoms with E-state index in [0.29, 0.717) is 23.6 Å². The minimum atomic E-state index is -0.856. The van der Waals surface area contributed by atoms with E-state index >= 15 is 0 Å². The number of carbonyl (C=O) groups is 4. The first-order valence-electron chi connectivity index (χ1n) is 9.25. The third-order valence-corrected chi connectivity index (χ3v) is 6.15. The average Bonchev–Trinajstić information content (AvgIpc) is 2.85. The summed E-state index contributed by atoms with van der Waals surface area (Å²) < 4.78 is 5.70. The highest BCUT2D eigenvalue weighted by Crippen LogP contribution is 2.39. The molecule has 4 amide bonds. The number of ether oxygens (including phenoxy) is 1. The van der Waals surface area contributed by atoms with Gasteiger partial charge in [0.15, 0.2) is 6.61 Å². The maximum absolute atomic E-state index is 12.8. The maximum Gasteiger partial charge on any atom is 0.327 e. The monoisotopic (exact) mass is 485 g/mol. The lowest BCUT2D eigenvalue weighted by molar-refractivity contribution is -0.150. The first kappa shape index (κ1) is 21.6. The molecule has 1 saturated carbocycles. The fourth-order valence-corrected chi connectivity index (χ4v) is 4.49. The van der Waals surface area contributed by atoms with Crippen LogP contribution >= 0.6 is 27.5 Å². The Bertz CT molecular complexity index is 856. The van der Waals surface area contributed by atoms with Crippen LogP contribution in [-0.4, -0.2) is 59.4 Å². The lowest BCUT2D eigenvalue weighted by atomic mass is 9.81. The fraction of sp³-hybridized carbons (Fsp3) is 0.474. The Labute approximate surface area is 181 Å². The molecule has 1 N–H and O–H groups in total. The Morgan fingerprint density at radius 1 is 1.24 bits per heavy atom. The molecule has 1 aliphatic heterocycles. The highest BCUT2D eigenvalue weighted by Gasteiger charge is 2.55. The predicted octanol–water partition coefficient (Wildman–Crippen LogP) is 3.18. The SMILES string of the molecule is CN1C(=O)N(CC(=O)OCC(=O)Nc2ccc(Br)cc2Cl)C(=O)C12CCCCC2. The average molecular weight is 487 g/mol. The van der Waals surface area contributed by atoms with Crippen molar-refractivity contribution in [3.8, 4) is 0 Å². The summed E-state index contributed by atoms with van der Waals surface area (Å²) in [4.78, 5) is 51.8. The van der Waals surface area contributed by atoms with E-state index in [1.54, 1.807) is 25.2 Å². The number of nitrogens with zero attached hydrogens (tertiary/aromatic N) is 2. The van der Waals surface area contributed by atoms with Crippen molar-refractivity contribution in [1.29, 1.82) is 0 Å². The van der Waals surface area contributed by atoms with Crippen molar-refractivity contribution < 1.29 is 23.9 Å². The summed E-state index contributed by atoms with van der Waals surface area (Å²) >= 11 is 9.29. The third kappa shape index (κ3) is 4.40. The van der Waals surface area contributed by atoms with E-state index in [0.717, 1.165) is 28.6 Å². The van der Waals surface area contributed by atoms with E-state index in [9.17, 15) is 19.2 Å². The molecule has 10 heteroatoms. The van der Waals surface area contributed by atoms with E-state index in [4.69, 9.17) is 16.3 Å². The molecule has 8 nitrogen and oxygen atoms in total. The molecular formula is C19H21BrClN3O5. The van der Waals surface area contributed by atoms with Crippen molar-refractivity contribution in [3.05, 3.63) is 27.7 Å². The molecule has 2 fully saturated rings. The van der Waals surface area contributed by atoms with Crippen molar-refractivity contribution in [2.24, 2.45) is 0 Å². The predicted molar refractivity (Wildman–Crippen MR) is 109 cm³/mol. The Balaban J connectivity index is 1.54. The smallest absolute Gasteiger partial charge is 0.327 e. The Kier molecular flexibility index (Phi) is 6.48. The van der Waals surface area contributed by atoms with Crippen LogP contribution in [0.25, 0.3) is 0 Å². The van der Waals surface area contributed by atoms with Gasteiger partial charge in [-0.25, -0.2) is 4.79 Å². The van der Waals surface area contributed by atoms with Gasteiger partial charge in [0.05, 0.1) is 10.7 Å². The van der Waals surface area contributed by atoms with E-state index in [2.05, 4.69) is 21.2 Å². The van der Waals surface area contributed by atoms with Crippen LogP contribution < -0.4 is 5.32 Å². The topological polar surface area (TPSA) is 96.0 Å². The van der Waals surface area contributed by atoms with E-state index < -0.39 is 36.6 Å². The number of esters is 1. The summed E-state index contributed by atoms with van der Waals surface area (Å²) in [7, 11) is 1.59. The van der Waals surface area contributed by atoms with Crippen LogP contribution in [0.5, 0.6) is 0 Å². The van der Waals surface area contributed by atoms with E-state index in [-0.39, 0.29) is 5.91 Å². The number of rotatable bonds is 5. The summed E-state index contributed by atoms with van der Waals surface area (Å²) in [6, 6.07) is 4.41. The Morgan fingerprint density at radius 2 is 1.93 bits per heavy atom. The summed E-state index contributed by atoms with van der Waals surface area (Å²) in [6.07, 6.45) is 3.93. The number of likely N-dealkylation sites (N-methyl/N-ethyl adjacent to an activating group) is 1. The largest absolute Gasteiger partial charge is 0.454 e. The van der Waals surface area contributed by atoms with Gasteiger partial charge < -0.3 is 15.0 Å². The standard InChI is InChI=1S/C19H21BrClN3O5/c1-23-18(28)24(17(27)19(23)7-3-2-4-8-19)10-16(26)29-11-15(25)22-14-6-5-12(20)9-13(14)21/h5-6,9H,2-4,7-8,10-11H2,1H3,(H,22,25). The molecule has 1 heterocycles. The summed E-state index contributed by atoms with van der Waals surface area (Å²) in [5.41, 5.74) is -0.479. The van der Waals surface area contributed by atoms with Gasteiger partial charge in [-0.05, 0) is 31.0 Å². The Hall–Kier alpha value is -2.13. The number of carbonyl (C=O) groups excluding carboxylic acids is 4. The molecule has 1 aromatic rings. The second-order valence-corrected chi connectivity index (χ2v) is 8.48. The molecule has 1 aliphatic carbocycles. The van der Waals surface area contributed by atoms with Crippen molar-refractivity contribution in [2.75, 3.05) is 25.5 Å². The van der Waals surface area contributed by atoms with Crippen LogP contribution in [-0.2, 0) is 19.1 Å². The van der Waals surface area contributed by atoms with Gasteiger partial charge in [-0.15, -0.1) is 0 Å². The molecule has 156 valence electrons. The molecule has 3 rings (SSSR count). The van der Waals surface area contributed by atoms with Crippen molar-refractivity contribution in [2.45, 2.75) is 37.6 Å². The first-order chi connectivity index (χ1) is 13.7. The van der Waals surface area contributed by atoms with Crippen molar-refractivity contribution in [3.63, 3.8) is 0 Å². The lowest BCUT2D eigenvalue weighted by Crippen LogP contribution is -2.49. The van der Waals surface area contributed by atoms with Gasteiger partial charge in [-0.1, -0.05) is 46.8 Å². The molecule has 0 atom stereocenters. The van der Waals surface area contributed by atoms with Crippen LogP contribution in [0, 0.1) is 0 Å². The second-order valence-electron chi connectivity index (χ2n) is 7.16. The second kappa shape index (κ2) is 8.71. The highest BCUT2D eigenvalue weighted by atomic mass is 79.9. The number of urea groups is 1. The molecule has 0 bridgehead atoms. The van der Waals surface area contributed by atoms with Crippen LogP contribution in [0.2, 0.25) is 5.02 Å². The molecule has 0 radical (unpaired) electrons. The zero-order valence-corrected chi connectivity index (χ0v) is 18.2. The summed E-state index contributed by atoms with van der Waals surface area (Å²) in [5.74, 6) is -1.78. The number of anilines is 1. The summed E-state index contributed by atoms with van der Waals surface area (Å²) in [5, 5.41) is 2.86. The highest BCUT2D eigenvalue weighted by molar-refractivity contribution is 9.10. The van der Waals surface area contributed by atoms with Gasteiger partial charge in [-0.3, -0.25) is 19.3 Å².